The Bertz CT molecular complexity index is 112. The SMILES string of the molecule is N#CS.N#CS.N#C[S-].[Na+]. The minimum absolute atomic E-state index is 0. The Morgan fingerprint density at radius 2 is 1.00 bits per heavy atom. The monoisotopic (exact) mass is 199 g/mol. The predicted molar refractivity (Wildman–Crippen MR) is 42.2 cm³/mol. The third-order valence-corrected chi connectivity index (χ3v) is 0. The van der Waals surface area contributed by atoms with Gasteiger partial charge < -0.3 is 12.6 Å². The Hall–Kier alpha value is 0.390. The Kier molecular flexibility index (Phi) is 129. The molecule has 0 aromatic carbocycles. The molecule has 0 atom stereocenters. The molecule has 0 rings (SSSR count). The molecule has 0 aliphatic rings. The fourth-order valence-corrected chi connectivity index (χ4v) is 0. The molecule has 0 spiro atoms. The topological polar surface area (TPSA) is 71.4 Å². The fraction of sp³-hybridized carbons (Fsp3) is 0. The zero-order chi connectivity index (χ0) is 8.12. The zero-order valence-electron chi connectivity index (χ0n) is 5.14. The average Bonchev–Trinajstić information content (AvgIpc) is 1.70. The number of rotatable bonds is 0. The molecule has 0 saturated heterocycles. The van der Waals surface area contributed by atoms with E-state index in [0.29, 0.717) is 0 Å². The van der Waals surface area contributed by atoms with E-state index in [1.807, 2.05) is 0 Å². The zero-order valence-corrected chi connectivity index (χ0v) is 9.75. The molecule has 0 unspecified atom stereocenters. The molecule has 0 bridgehead atoms. The van der Waals surface area contributed by atoms with Crippen molar-refractivity contribution < 1.29 is 29.6 Å². The number of hydrogen-bond donors (Lipinski definition) is 2. The van der Waals surface area contributed by atoms with Gasteiger partial charge in [0.25, 0.3) is 0 Å². The van der Waals surface area contributed by atoms with Crippen molar-refractivity contribution in [2.45, 2.75) is 0 Å². The van der Waals surface area contributed by atoms with Gasteiger partial charge in [-0.3, -0.25) is 0 Å². The van der Waals surface area contributed by atoms with Crippen LogP contribution in [0.15, 0.2) is 0 Å². The maximum Gasteiger partial charge on any atom is 1.00 e. The number of nitriles is 3. The normalized spacial score (nSPS) is 2.30. The Balaban J connectivity index is -0.0000000257. The third-order valence-electron chi connectivity index (χ3n) is 0. The van der Waals surface area contributed by atoms with Crippen LogP contribution in [-0.2, 0) is 12.6 Å². The molecule has 0 aliphatic carbocycles. The Labute approximate surface area is 98.5 Å². The second-order valence-corrected chi connectivity index (χ2v) is 0.874. The summed E-state index contributed by atoms with van der Waals surface area (Å²) in [5.74, 6) is 0. The van der Waals surface area contributed by atoms with Crippen LogP contribution < -0.4 is 29.6 Å². The molecule has 0 heterocycles. The number of thiol groups is 2. The van der Waals surface area contributed by atoms with Crippen LogP contribution in [0.2, 0.25) is 0 Å². The van der Waals surface area contributed by atoms with Crippen molar-refractivity contribution >= 4 is 37.9 Å². The predicted octanol–water partition coefficient (Wildman–Crippen LogP) is -2.19. The van der Waals surface area contributed by atoms with Gasteiger partial charge in [-0.1, -0.05) is 30.7 Å². The van der Waals surface area contributed by atoms with Gasteiger partial charge in [-0.05, 0) is 0 Å². The van der Waals surface area contributed by atoms with Crippen LogP contribution in [0.4, 0.5) is 0 Å². The summed E-state index contributed by atoms with van der Waals surface area (Å²) in [6.45, 7) is 0. The van der Waals surface area contributed by atoms with Crippen molar-refractivity contribution in [1.82, 2.24) is 0 Å². The van der Waals surface area contributed by atoms with E-state index < -0.39 is 0 Å². The van der Waals surface area contributed by atoms with Crippen molar-refractivity contribution in [1.29, 1.82) is 15.8 Å². The largest absolute Gasteiger partial charge is 1.00 e. The van der Waals surface area contributed by atoms with Crippen LogP contribution in [0.25, 0.3) is 0 Å². The summed E-state index contributed by atoms with van der Waals surface area (Å²) in [5, 5.41) is 25.7. The van der Waals surface area contributed by atoms with Gasteiger partial charge in [0.05, 0.1) is 0 Å². The van der Waals surface area contributed by atoms with Gasteiger partial charge in [-0.15, -0.1) is 0 Å². The van der Waals surface area contributed by atoms with Crippen LogP contribution in [0.3, 0.4) is 0 Å². The minimum atomic E-state index is 0. The fourth-order valence-electron chi connectivity index (χ4n) is 0. The van der Waals surface area contributed by atoms with E-state index in [9.17, 15) is 0 Å². The number of hydrogen-bond acceptors (Lipinski definition) is 6. The number of nitrogens with zero attached hydrogens (tertiary/aromatic N) is 3. The molecule has 3 nitrogen and oxygen atoms in total. The van der Waals surface area contributed by atoms with Gasteiger partial charge in [0, 0.05) is 0 Å². The first-order chi connectivity index (χ1) is 4.24. The first-order valence-electron chi connectivity index (χ1n) is 1.32. The van der Waals surface area contributed by atoms with Crippen LogP contribution in [0.5, 0.6) is 0 Å². The van der Waals surface area contributed by atoms with Crippen molar-refractivity contribution in [2.24, 2.45) is 0 Å². The van der Waals surface area contributed by atoms with Gasteiger partial charge in [0.2, 0.25) is 0 Å². The molecule has 0 saturated carbocycles. The first-order valence-corrected chi connectivity index (χ1v) is 2.62. The maximum absolute atomic E-state index is 7.18. The van der Waals surface area contributed by atoms with Gasteiger partial charge in [-0.25, -0.2) is 5.26 Å². The van der Waals surface area contributed by atoms with E-state index >= 15 is 0 Å². The summed E-state index contributed by atoms with van der Waals surface area (Å²) in [6.07, 6.45) is 0. The molecule has 0 N–H and O–H groups in total. The van der Waals surface area contributed by atoms with Crippen LogP contribution >= 0.6 is 25.3 Å². The van der Waals surface area contributed by atoms with Gasteiger partial charge in [-0.2, -0.15) is 10.5 Å². The average molecular weight is 199 g/mol. The van der Waals surface area contributed by atoms with Crippen molar-refractivity contribution in [3.8, 4) is 16.2 Å². The van der Waals surface area contributed by atoms with E-state index in [0.717, 1.165) is 0 Å². The molecule has 0 amide bonds. The minimum Gasteiger partial charge on any atom is -0.696 e. The van der Waals surface area contributed by atoms with E-state index in [-0.39, 0.29) is 29.6 Å². The molecule has 0 aromatic rings. The van der Waals surface area contributed by atoms with Crippen LogP contribution in [0.1, 0.15) is 0 Å². The second kappa shape index (κ2) is 57.5. The van der Waals surface area contributed by atoms with Crippen LogP contribution in [-0.4, -0.2) is 0 Å². The summed E-state index contributed by atoms with van der Waals surface area (Å²) in [4.78, 5) is 0. The third kappa shape index (κ3) is 3010. The summed E-state index contributed by atoms with van der Waals surface area (Å²) in [5.41, 5.74) is 0. The molecular formula is C3H2N3NaS3. The molecule has 0 fully saturated rings. The molecule has 7 heteroatoms. The quantitative estimate of drug-likeness (QED) is 0.201. The number of thiocyanates is 3. The molecule has 0 radical (unpaired) electrons. The van der Waals surface area contributed by atoms with E-state index in [2.05, 4.69) is 37.9 Å². The van der Waals surface area contributed by atoms with Gasteiger partial charge >= 0.3 is 29.6 Å². The standard InChI is InChI=1S/3CHNS.Na/c3*2-1-3;/h3*3H;/q;;;+1/p-1. The van der Waals surface area contributed by atoms with Crippen molar-refractivity contribution in [3.05, 3.63) is 0 Å². The van der Waals surface area contributed by atoms with Crippen LogP contribution in [0, 0.1) is 32.0 Å². The van der Waals surface area contributed by atoms with Gasteiger partial charge in [0.1, 0.15) is 10.8 Å². The van der Waals surface area contributed by atoms with Crippen molar-refractivity contribution in [3.63, 3.8) is 0 Å². The first kappa shape index (κ1) is 22.4. The summed E-state index contributed by atoms with van der Waals surface area (Å²) in [7, 11) is 0. The Morgan fingerprint density at radius 3 is 1.00 bits per heavy atom. The summed E-state index contributed by atoms with van der Waals surface area (Å²) < 4.78 is 0. The van der Waals surface area contributed by atoms with E-state index in [1.165, 1.54) is 16.2 Å². The maximum atomic E-state index is 7.18. The summed E-state index contributed by atoms with van der Waals surface area (Å²) in [6, 6.07) is 0. The molecule has 0 aliphatic heterocycles. The second-order valence-electron chi connectivity index (χ2n) is 0.291. The molecule has 0 aromatic heterocycles. The molecule has 10 heavy (non-hydrogen) atoms. The molecule has 48 valence electrons. The van der Waals surface area contributed by atoms with E-state index in [4.69, 9.17) is 15.8 Å². The van der Waals surface area contributed by atoms with E-state index in [1.54, 1.807) is 0 Å². The van der Waals surface area contributed by atoms with Crippen molar-refractivity contribution in [2.75, 3.05) is 0 Å². The smallest absolute Gasteiger partial charge is 0.696 e. The Morgan fingerprint density at radius 1 is 1.00 bits per heavy atom. The summed E-state index contributed by atoms with van der Waals surface area (Å²) >= 11 is 9.89. The van der Waals surface area contributed by atoms with Gasteiger partial charge in [0.15, 0.2) is 0 Å². The molecular weight excluding hydrogens is 197 g/mol.